The van der Waals surface area contributed by atoms with E-state index in [1.54, 1.807) is 0 Å². The van der Waals surface area contributed by atoms with Gasteiger partial charge in [0.2, 0.25) is 10.0 Å². The van der Waals surface area contributed by atoms with Crippen molar-refractivity contribution in [3.05, 3.63) is 28.8 Å². The maximum absolute atomic E-state index is 12.2. The van der Waals surface area contributed by atoms with Crippen LogP contribution in [0.1, 0.15) is 24.8 Å². The number of rotatable bonds is 6. The standard InChI is InChI=1S/C13H15ClN2O3S/c14-11-7-10(8-15)1-2-12(11)20(18,19)16-9-13(3-4-13)5-6-17/h1-2,7,16-17H,3-6,9H2. The molecule has 0 spiro atoms. The Morgan fingerprint density at radius 2 is 2.15 bits per heavy atom. The van der Waals surface area contributed by atoms with Gasteiger partial charge in [0.15, 0.2) is 0 Å². The van der Waals surface area contributed by atoms with E-state index in [1.807, 2.05) is 6.07 Å². The smallest absolute Gasteiger partial charge is 0.242 e. The van der Waals surface area contributed by atoms with Crippen LogP contribution in [0, 0.1) is 16.7 Å². The third-order valence-electron chi connectivity index (χ3n) is 3.59. The Morgan fingerprint density at radius 3 is 2.65 bits per heavy atom. The van der Waals surface area contributed by atoms with Gasteiger partial charge in [-0.1, -0.05) is 11.6 Å². The maximum atomic E-state index is 12.2. The molecule has 0 atom stereocenters. The average Bonchev–Trinajstić information content (AvgIpc) is 3.17. The SMILES string of the molecule is N#Cc1ccc(S(=O)(=O)NCC2(CCO)CC2)c(Cl)c1. The summed E-state index contributed by atoms with van der Waals surface area (Å²) in [4.78, 5) is -0.0297. The highest BCUT2D eigenvalue weighted by Crippen LogP contribution is 2.48. The number of sulfonamides is 1. The fourth-order valence-electron chi connectivity index (χ4n) is 2.04. The molecule has 108 valence electrons. The number of aliphatic hydroxyl groups is 1. The van der Waals surface area contributed by atoms with Gasteiger partial charge in [0, 0.05) is 13.2 Å². The quantitative estimate of drug-likeness (QED) is 0.835. The van der Waals surface area contributed by atoms with Crippen molar-refractivity contribution in [2.75, 3.05) is 13.2 Å². The molecule has 5 nitrogen and oxygen atoms in total. The zero-order valence-corrected chi connectivity index (χ0v) is 12.3. The van der Waals surface area contributed by atoms with Crippen molar-refractivity contribution in [1.29, 1.82) is 5.26 Å². The third kappa shape index (κ3) is 3.30. The summed E-state index contributed by atoms with van der Waals surface area (Å²) in [5.41, 5.74) is 0.203. The van der Waals surface area contributed by atoms with Crippen LogP contribution in [0.5, 0.6) is 0 Å². The van der Waals surface area contributed by atoms with E-state index in [1.165, 1.54) is 18.2 Å². The van der Waals surface area contributed by atoms with Gasteiger partial charge in [-0.25, -0.2) is 13.1 Å². The molecule has 1 saturated carbocycles. The van der Waals surface area contributed by atoms with E-state index >= 15 is 0 Å². The molecule has 2 rings (SSSR count). The highest BCUT2D eigenvalue weighted by atomic mass is 35.5. The number of aliphatic hydroxyl groups excluding tert-OH is 1. The van der Waals surface area contributed by atoms with E-state index in [4.69, 9.17) is 22.0 Å². The monoisotopic (exact) mass is 314 g/mol. The molecular weight excluding hydrogens is 300 g/mol. The van der Waals surface area contributed by atoms with Crippen LogP contribution in [0.3, 0.4) is 0 Å². The summed E-state index contributed by atoms with van der Waals surface area (Å²) >= 11 is 5.91. The molecule has 7 heteroatoms. The Bertz CT molecular complexity index is 648. The zero-order valence-electron chi connectivity index (χ0n) is 10.8. The summed E-state index contributed by atoms with van der Waals surface area (Å²) in [6.07, 6.45) is 2.42. The van der Waals surface area contributed by atoms with Crippen LogP contribution in [0.2, 0.25) is 5.02 Å². The molecule has 0 amide bonds. The molecule has 0 heterocycles. The molecule has 0 unspecified atom stereocenters. The van der Waals surface area contributed by atoms with Gasteiger partial charge in [-0.15, -0.1) is 0 Å². The number of nitrogens with zero attached hydrogens (tertiary/aromatic N) is 1. The van der Waals surface area contributed by atoms with Crippen LogP contribution < -0.4 is 4.72 Å². The van der Waals surface area contributed by atoms with Crippen molar-refractivity contribution in [2.45, 2.75) is 24.2 Å². The van der Waals surface area contributed by atoms with Crippen LogP contribution in [0.15, 0.2) is 23.1 Å². The minimum absolute atomic E-state index is 0.0297. The van der Waals surface area contributed by atoms with E-state index in [0.29, 0.717) is 18.5 Å². The van der Waals surface area contributed by atoms with Crippen molar-refractivity contribution in [1.82, 2.24) is 4.72 Å². The molecule has 0 aromatic heterocycles. The summed E-state index contributed by atoms with van der Waals surface area (Å²) in [5, 5.41) is 17.7. The molecule has 1 aromatic carbocycles. The van der Waals surface area contributed by atoms with Gasteiger partial charge >= 0.3 is 0 Å². The Labute approximate surface area is 123 Å². The summed E-state index contributed by atoms with van der Waals surface area (Å²) in [6.45, 7) is 0.353. The van der Waals surface area contributed by atoms with Crippen LogP contribution in [0.25, 0.3) is 0 Å². The van der Waals surface area contributed by atoms with Gasteiger partial charge in [-0.05, 0) is 42.9 Å². The summed E-state index contributed by atoms with van der Waals surface area (Å²) in [6, 6.07) is 5.98. The molecule has 0 bridgehead atoms. The second-order valence-electron chi connectivity index (χ2n) is 5.06. The predicted octanol–water partition coefficient (Wildman–Crippen LogP) is 1.65. The van der Waals surface area contributed by atoms with Gasteiger partial charge in [0.1, 0.15) is 4.90 Å². The first-order valence-corrected chi connectivity index (χ1v) is 8.09. The molecule has 1 fully saturated rings. The zero-order chi connectivity index (χ0) is 14.8. The fraction of sp³-hybridized carbons (Fsp3) is 0.462. The summed E-state index contributed by atoms with van der Waals surface area (Å²) < 4.78 is 26.9. The number of benzene rings is 1. The lowest BCUT2D eigenvalue weighted by atomic mass is 10.0. The summed E-state index contributed by atoms with van der Waals surface area (Å²) in [7, 11) is -3.70. The van der Waals surface area contributed by atoms with Crippen molar-refractivity contribution in [3.63, 3.8) is 0 Å². The Balaban J connectivity index is 2.13. The average molecular weight is 315 g/mol. The minimum Gasteiger partial charge on any atom is -0.396 e. The first kappa shape index (κ1) is 15.3. The van der Waals surface area contributed by atoms with E-state index in [-0.39, 0.29) is 21.9 Å². The van der Waals surface area contributed by atoms with Crippen molar-refractivity contribution in [2.24, 2.45) is 5.41 Å². The number of halogens is 1. The van der Waals surface area contributed by atoms with Crippen LogP contribution in [-0.2, 0) is 10.0 Å². The lowest BCUT2D eigenvalue weighted by molar-refractivity contribution is 0.249. The van der Waals surface area contributed by atoms with Crippen molar-refractivity contribution < 1.29 is 13.5 Å². The van der Waals surface area contributed by atoms with Gasteiger partial charge in [0.05, 0.1) is 16.7 Å². The van der Waals surface area contributed by atoms with Gasteiger partial charge < -0.3 is 5.11 Å². The Hall–Kier alpha value is -1.13. The third-order valence-corrected chi connectivity index (χ3v) is 5.47. The maximum Gasteiger partial charge on any atom is 0.242 e. The lowest BCUT2D eigenvalue weighted by Gasteiger charge is -2.15. The lowest BCUT2D eigenvalue weighted by Crippen LogP contribution is -2.31. The fourth-order valence-corrected chi connectivity index (χ4v) is 3.74. The Morgan fingerprint density at radius 1 is 1.45 bits per heavy atom. The van der Waals surface area contributed by atoms with Crippen molar-refractivity contribution >= 4 is 21.6 Å². The van der Waals surface area contributed by atoms with Gasteiger partial charge in [-0.2, -0.15) is 5.26 Å². The highest BCUT2D eigenvalue weighted by Gasteiger charge is 2.42. The normalized spacial score (nSPS) is 16.6. The van der Waals surface area contributed by atoms with E-state index in [2.05, 4.69) is 4.72 Å². The largest absolute Gasteiger partial charge is 0.396 e. The number of hydrogen-bond donors (Lipinski definition) is 2. The van der Waals surface area contributed by atoms with Crippen LogP contribution >= 0.6 is 11.6 Å². The van der Waals surface area contributed by atoms with Crippen LogP contribution in [-0.4, -0.2) is 26.7 Å². The first-order chi connectivity index (χ1) is 9.42. The molecule has 0 saturated heterocycles. The molecule has 1 aliphatic carbocycles. The molecule has 0 aliphatic heterocycles. The highest BCUT2D eigenvalue weighted by molar-refractivity contribution is 7.89. The Kier molecular flexibility index (Phi) is 4.35. The second kappa shape index (κ2) is 5.70. The van der Waals surface area contributed by atoms with Crippen molar-refractivity contribution in [3.8, 4) is 6.07 Å². The number of hydrogen-bond acceptors (Lipinski definition) is 4. The van der Waals surface area contributed by atoms with E-state index in [9.17, 15) is 8.42 Å². The molecular formula is C13H15ClN2O3S. The molecule has 1 aliphatic rings. The molecule has 0 radical (unpaired) electrons. The second-order valence-corrected chi connectivity index (χ2v) is 7.20. The van der Waals surface area contributed by atoms with Gasteiger partial charge in [0.25, 0.3) is 0 Å². The topological polar surface area (TPSA) is 90.2 Å². The van der Waals surface area contributed by atoms with E-state index < -0.39 is 10.0 Å². The molecule has 2 N–H and O–H groups in total. The minimum atomic E-state index is -3.70. The van der Waals surface area contributed by atoms with Crippen LogP contribution in [0.4, 0.5) is 0 Å². The van der Waals surface area contributed by atoms with E-state index in [0.717, 1.165) is 12.8 Å². The number of nitrogens with one attached hydrogen (secondary N) is 1. The molecule has 20 heavy (non-hydrogen) atoms. The number of nitriles is 1. The molecule has 1 aromatic rings. The first-order valence-electron chi connectivity index (χ1n) is 6.23. The summed E-state index contributed by atoms with van der Waals surface area (Å²) in [5.74, 6) is 0. The van der Waals surface area contributed by atoms with Gasteiger partial charge in [-0.3, -0.25) is 0 Å². The predicted molar refractivity (Wildman–Crippen MR) is 74.7 cm³/mol.